The maximum atomic E-state index is 10.1. The monoisotopic (exact) mass is 263 g/mol. The van der Waals surface area contributed by atoms with Gasteiger partial charge in [-0.15, -0.1) is 0 Å². The van der Waals surface area contributed by atoms with E-state index in [4.69, 9.17) is 4.74 Å². The Balaban J connectivity index is 1.91. The Hall–Kier alpha value is -0.900. The summed E-state index contributed by atoms with van der Waals surface area (Å²) >= 11 is 0. The van der Waals surface area contributed by atoms with E-state index < -0.39 is 0 Å². The Morgan fingerprint density at radius 3 is 2.84 bits per heavy atom. The highest BCUT2D eigenvalue weighted by Gasteiger charge is 2.22. The molecule has 3 heteroatoms. The zero-order chi connectivity index (χ0) is 13.9. The summed E-state index contributed by atoms with van der Waals surface area (Å²) in [6, 6.07) is 8.55. The van der Waals surface area contributed by atoms with E-state index in [-0.39, 0.29) is 17.6 Å². The quantitative estimate of drug-likeness (QED) is 0.877. The molecule has 1 aliphatic rings. The minimum atomic E-state index is -0.311. The molecule has 1 heterocycles. The van der Waals surface area contributed by atoms with Gasteiger partial charge < -0.3 is 15.2 Å². The molecule has 2 rings (SSSR count). The number of aliphatic hydroxyl groups excluding tert-OH is 1. The number of hydrogen-bond donors (Lipinski definition) is 2. The number of hydrogen-bond acceptors (Lipinski definition) is 3. The van der Waals surface area contributed by atoms with Crippen molar-refractivity contribution in [2.45, 2.75) is 45.9 Å². The van der Waals surface area contributed by atoms with Crippen LogP contribution in [0.3, 0.4) is 0 Å². The summed E-state index contributed by atoms with van der Waals surface area (Å²) in [4.78, 5) is 0. The number of nitrogens with one attached hydrogen (secondary N) is 1. The van der Waals surface area contributed by atoms with Gasteiger partial charge in [0, 0.05) is 6.54 Å². The second-order valence-electron chi connectivity index (χ2n) is 6.59. The van der Waals surface area contributed by atoms with Crippen LogP contribution in [-0.2, 0) is 11.3 Å². The van der Waals surface area contributed by atoms with Crippen molar-refractivity contribution in [3.63, 3.8) is 0 Å². The van der Waals surface area contributed by atoms with Crippen LogP contribution in [0.4, 0.5) is 0 Å². The molecule has 19 heavy (non-hydrogen) atoms. The Labute approximate surface area is 116 Å². The van der Waals surface area contributed by atoms with Gasteiger partial charge in [0.05, 0.1) is 25.4 Å². The minimum absolute atomic E-state index is 0.155. The summed E-state index contributed by atoms with van der Waals surface area (Å²) in [5.41, 5.74) is 2.70. The van der Waals surface area contributed by atoms with Gasteiger partial charge in [-0.05, 0) is 23.0 Å². The summed E-state index contributed by atoms with van der Waals surface area (Å²) in [5, 5.41) is 13.5. The maximum Gasteiger partial charge on any atom is 0.0721 e. The van der Waals surface area contributed by atoms with Gasteiger partial charge in [0.25, 0.3) is 0 Å². The highest BCUT2D eigenvalue weighted by molar-refractivity contribution is 5.31. The van der Waals surface area contributed by atoms with Gasteiger partial charge in [0.2, 0.25) is 0 Å². The average Bonchev–Trinajstić information content (AvgIpc) is 2.34. The minimum Gasteiger partial charge on any atom is -0.392 e. The molecule has 2 unspecified atom stereocenters. The summed E-state index contributed by atoms with van der Waals surface area (Å²) in [6.07, 6.45) is 0.490. The first-order valence-corrected chi connectivity index (χ1v) is 7.03. The van der Waals surface area contributed by atoms with E-state index >= 15 is 0 Å². The van der Waals surface area contributed by atoms with Gasteiger partial charge >= 0.3 is 0 Å². The zero-order valence-corrected chi connectivity index (χ0v) is 12.1. The van der Waals surface area contributed by atoms with E-state index in [1.165, 1.54) is 11.1 Å². The Bertz CT molecular complexity index is 411. The first kappa shape index (κ1) is 14.5. The molecule has 0 fully saturated rings. The third-order valence-corrected chi connectivity index (χ3v) is 3.42. The molecule has 0 saturated carbocycles. The summed E-state index contributed by atoms with van der Waals surface area (Å²) in [6.45, 7) is 8.43. The zero-order valence-electron chi connectivity index (χ0n) is 12.1. The molecule has 0 saturated heterocycles. The molecule has 0 radical (unpaired) electrons. The molecule has 2 atom stereocenters. The number of rotatable bonds is 4. The summed E-state index contributed by atoms with van der Waals surface area (Å²) in [7, 11) is 0. The lowest BCUT2D eigenvalue weighted by Crippen LogP contribution is -2.36. The molecule has 0 aromatic heterocycles. The lowest BCUT2D eigenvalue weighted by molar-refractivity contribution is 0.0697. The standard InChI is InChI=1S/C16H25NO2/c1-16(2,3)8-13(18)9-17-15-11-19-10-12-6-4-5-7-14(12)15/h4-7,13,15,17-18H,8-11H2,1-3H3. The number of benzene rings is 1. The van der Waals surface area contributed by atoms with Crippen molar-refractivity contribution in [2.24, 2.45) is 5.41 Å². The second kappa shape index (κ2) is 6.04. The topological polar surface area (TPSA) is 41.5 Å². The summed E-state index contributed by atoms with van der Waals surface area (Å²) < 4.78 is 5.60. The molecule has 1 aliphatic heterocycles. The first-order valence-electron chi connectivity index (χ1n) is 7.03. The first-order chi connectivity index (χ1) is 8.96. The average molecular weight is 263 g/mol. The second-order valence-corrected chi connectivity index (χ2v) is 6.59. The Kier molecular flexibility index (Phi) is 4.61. The van der Waals surface area contributed by atoms with Crippen LogP contribution in [0.25, 0.3) is 0 Å². The number of ether oxygens (including phenoxy) is 1. The molecule has 106 valence electrons. The van der Waals surface area contributed by atoms with Crippen molar-refractivity contribution in [2.75, 3.05) is 13.2 Å². The fourth-order valence-electron chi connectivity index (χ4n) is 2.61. The molecule has 0 aliphatic carbocycles. The van der Waals surface area contributed by atoms with Crippen LogP contribution in [-0.4, -0.2) is 24.4 Å². The predicted octanol–water partition coefficient (Wildman–Crippen LogP) is 2.64. The molecule has 1 aromatic rings. The van der Waals surface area contributed by atoms with Crippen LogP contribution in [0.2, 0.25) is 0 Å². The molecule has 0 spiro atoms. The normalized spacial score (nSPS) is 20.9. The third-order valence-electron chi connectivity index (χ3n) is 3.42. The van der Waals surface area contributed by atoms with Crippen molar-refractivity contribution in [1.82, 2.24) is 5.32 Å². The van der Waals surface area contributed by atoms with Gasteiger partial charge in [0.15, 0.2) is 0 Å². The van der Waals surface area contributed by atoms with Crippen LogP contribution in [0.5, 0.6) is 0 Å². The lowest BCUT2D eigenvalue weighted by Gasteiger charge is -2.29. The van der Waals surface area contributed by atoms with Gasteiger partial charge in [-0.1, -0.05) is 45.0 Å². The SMILES string of the molecule is CC(C)(C)CC(O)CNC1COCc2ccccc21. The molecular formula is C16H25NO2. The van der Waals surface area contributed by atoms with Crippen LogP contribution >= 0.6 is 0 Å². The lowest BCUT2D eigenvalue weighted by atomic mass is 9.89. The van der Waals surface area contributed by atoms with Crippen molar-refractivity contribution < 1.29 is 9.84 Å². The van der Waals surface area contributed by atoms with Gasteiger partial charge in [-0.3, -0.25) is 0 Å². The van der Waals surface area contributed by atoms with Crippen LogP contribution in [0, 0.1) is 5.41 Å². The van der Waals surface area contributed by atoms with Crippen molar-refractivity contribution in [3.05, 3.63) is 35.4 Å². The third kappa shape index (κ3) is 4.30. The van der Waals surface area contributed by atoms with E-state index in [0.717, 1.165) is 6.42 Å². The van der Waals surface area contributed by atoms with Crippen LogP contribution < -0.4 is 5.32 Å². The molecular weight excluding hydrogens is 238 g/mol. The van der Waals surface area contributed by atoms with Crippen molar-refractivity contribution in [3.8, 4) is 0 Å². The molecule has 0 amide bonds. The largest absolute Gasteiger partial charge is 0.392 e. The van der Waals surface area contributed by atoms with E-state index in [9.17, 15) is 5.11 Å². The fourth-order valence-corrected chi connectivity index (χ4v) is 2.61. The molecule has 3 nitrogen and oxygen atoms in total. The van der Waals surface area contributed by atoms with E-state index in [1.54, 1.807) is 0 Å². The Morgan fingerprint density at radius 2 is 2.11 bits per heavy atom. The summed E-state index contributed by atoms with van der Waals surface area (Å²) in [5.74, 6) is 0. The fraction of sp³-hybridized carbons (Fsp3) is 0.625. The van der Waals surface area contributed by atoms with Crippen molar-refractivity contribution in [1.29, 1.82) is 0 Å². The molecule has 2 N–H and O–H groups in total. The number of aliphatic hydroxyl groups is 1. The van der Waals surface area contributed by atoms with Gasteiger partial charge in [0.1, 0.15) is 0 Å². The van der Waals surface area contributed by atoms with Gasteiger partial charge in [-0.2, -0.15) is 0 Å². The molecule has 1 aromatic carbocycles. The van der Waals surface area contributed by atoms with Crippen molar-refractivity contribution >= 4 is 0 Å². The highest BCUT2D eigenvalue weighted by atomic mass is 16.5. The predicted molar refractivity (Wildman–Crippen MR) is 76.9 cm³/mol. The highest BCUT2D eigenvalue weighted by Crippen LogP contribution is 2.25. The maximum absolute atomic E-state index is 10.1. The Morgan fingerprint density at radius 1 is 1.37 bits per heavy atom. The van der Waals surface area contributed by atoms with E-state index in [1.807, 2.05) is 6.07 Å². The number of fused-ring (bicyclic) bond motifs is 1. The van der Waals surface area contributed by atoms with E-state index in [0.29, 0.717) is 19.8 Å². The smallest absolute Gasteiger partial charge is 0.0721 e. The van der Waals surface area contributed by atoms with Crippen LogP contribution in [0.1, 0.15) is 44.4 Å². The van der Waals surface area contributed by atoms with Gasteiger partial charge in [-0.25, -0.2) is 0 Å². The molecule has 0 bridgehead atoms. The van der Waals surface area contributed by atoms with E-state index in [2.05, 4.69) is 44.3 Å². The van der Waals surface area contributed by atoms with Crippen LogP contribution in [0.15, 0.2) is 24.3 Å².